The monoisotopic (exact) mass is 183 g/mol. The van der Waals surface area contributed by atoms with Crippen LogP contribution in [0.25, 0.3) is 0 Å². The fourth-order valence-corrected chi connectivity index (χ4v) is 2.01. The molecule has 0 radical (unpaired) electrons. The average Bonchev–Trinajstić information content (AvgIpc) is 2.17. The van der Waals surface area contributed by atoms with Crippen LogP contribution in [0.1, 0.15) is 40.0 Å². The van der Waals surface area contributed by atoms with Gasteiger partial charge in [-0.1, -0.05) is 33.6 Å². The second kappa shape index (κ2) is 4.64. The molecular formula is C11H21NO. The maximum Gasteiger partial charge on any atom is 0.223 e. The van der Waals surface area contributed by atoms with E-state index < -0.39 is 0 Å². The molecule has 1 amide bonds. The normalized spacial score (nSPS) is 31.2. The van der Waals surface area contributed by atoms with Gasteiger partial charge in [-0.3, -0.25) is 4.79 Å². The summed E-state index contributed by atoms with van der Waals surface area (Å²) in [5, 5.41) is 3.01. The summed E-state index contributed by atoms with van der Waals surface area (Å²) in [6.45, 7) is 7.44. The lowest BCUT2D eigenvalue weighted by atomic mass is 9.80. The predicted octanol–water partition coefficient (Wildman–Crippen LogP) is 2.19. The summed E-state index contributed by atoms with van der Waals surface area (Å²) in [5.74, 6) is 1.79. The number of amides is 1. The van der Waals surface area contributed by atoms with E-state index in [9.17, 15) is 4.79 Å². The highest BCUT2D eigenvalue weighted by atomic mass is 16.1. The van der Waals surface area contributed by atoms with Gasteiger partial charge in [0.15, 0.2) is 0 Å². The van der Waals surface area contributed by atoms with Gasteiger partial charge in [0.05, 0.1) is 0 Å². The zero-order valence-electron chi connectivity index (χ0n) is 8.97. The SMILES string of the molecule is CCC1CNC(=O)C(C(C)CC)C1. The smallest absolute Gasteiger partial charge is 0.223 e. The van der Waals surface area contributed by atoms with E-state index in [1.807, 2.05) is 0 Å². The molecule has 0 spiro atoms. The van der Waals surface area contributed by atoms with Crippen molar-refractivity contribution < 1.29 is 4.79 Å². The van der Waals surface area contributed by atoms with Crippen LogP contribution in [0.3, 0.4) is 0 Å². The molecule has 0 aromatic rings. The fourth-order valence-electron chi connectivity index (χ4n) is 2.01. The largest absolute Gasteiger partial charge is 0.356 e. The molecule has 1 heterocycles. The van der Waals surface area contributed by atoms with Crippen LogP contribution in [0, 0.1) is 17.8 Å². The average molecular weight is 183 g/mol. The van der Waals surface area contributed by atoms with Crippen molar-refractivity contribution in [2.24, 2.45) is 17.8 Å². The molecule has 1 aliphatic rings. The van der Waals surface area contributed by atoms with Crippen LogP contribution in [0.15, 0.2) is 0 Å². The highest BCUT2D eigenvalue weighted by Gasteiger charge is 2.30. The van der Waals surface area contributed by atoms with Gasteiger partial charge in [-0.05, 0) is 18.3 Å². The Kier molecular flexibility index (Phi) is 3.76. The van der Waals surface area contributed by atoms with Crippen LogP contribution in [0.5, 0.6) is 0 Å². The van der Waals surface area contributed by atoms with Crippen molar-refractivity contribution >= 4 is 5.91 Å². The highest BCUT2D eigenvalue weighted by Crippen LogP contribution is 2.27. The highest BCUT2D eigenvalue weighted by molar-refractivity contribution is 5.79. The summed E-state index contributed by atoms with van der Waals surface area (Å²) in [6, 6.07) is 0. The van der Waals surface area contributed by atoms with Crippen LogP contribution in [-0.4, -0.2) is 12.5 Å². The molecule has 3 atom stereocenters. The Hall–Kier alpha value is -0.530. The summed E-state index contributed by atoms with van der Waals surface area (Å²) in [6.07, 6.45) is 3.39. The van der Waals surface area contributed by atoms with Gasteiger partial charge in [0, 0.05) is 12.5 Å². The van der Waals surface area contributed by atoms with Crippen LogP contribution in [-0.2, 0) is 4.79 Å². The van der Waals surface area contributed by atoms with Gasteiger partial charge in [-0.2, -0.15) is 0 Å². The Labute approximate surface area is 81.1 Å². The van der Waals surface area contributed by atoms with Crippen molar-refractivity contribution in [1.82, 2.24) is 5.32 Å². The van der Waals surface area contributed by atoms with Gasteiger partial charge in [0.1, 0.15) is 0 Å². The molecule has 0 aromatic carbocycles. The number of carbonyl (C=O) groups excluding carboxylic acids is 1. The van der Waals surface area contributed by atoms with Gasteiger partial charge in [-0.25, -0.2) is 0 Å². The number of hydrogen-bond acceptors (Lipinski definition) is 1. The third-order valence-electron chi connectivity index (χ3n) is 3.40. The first-order chi connectivity index (χ1) is 6.19. The molecule has 0 bridgehead atoms. The van der Waals surface area contributed by atoms with Gasteiger partial charge < -0.3 is 5.32 Å². The number of nitrogens with one attached hydrogen (secondary N) is 1. The third-order valence-corrected chi connectivity index (χ3v) is 3.40. The Morgan fingerprint density at radius 2 is 2.23 bits per heavy atom. The zero-order chi connectivity index (χ0) is 9.84. The maximum absolute atomic E-state index is 11.5. The molecule has 0 saturated carbocycles. The van der Waals surface area contributed by atoms with Crippen LogP contribution in [0.4, 0.5) is 0 Å². The Balaban J connectivity index is 2.54. The van der Waals surface area contributed by atoms with E-state index in [2.05, 4.69) is 26.1 Å². The first kappa shape index (κ1) is 10.6. The number of carbonyl (C=O) groups is 1. The van der Waals surface area contributed by atoms with E-state index in [1.54, 1.807) is 0 Å². The van der Waals surface area contributed by atoms with Crippen molar-refractivity contribution in [1.29, 1.82) is 0 Å². The molecule has 1 saturated heterocycles. The summed E-state index contributed by atoms with van der Waals surface area (Å²) in [5.41, 5.74) is 0. The molecule has 13 heavy (non-hydrogen) atoms. The second-order valence-corrected chi connectivity index (χ2v) is 4.25. The molecular weight excluding hydrogens is 162 g/mol. The Morgan fingerprint density at radius 3 is 2.77 bits per heavy atom. The van der Waals surface area contributed by atoms with Crippen LogP contribution >= 0.6 is 0 Å². The summed E-state index contributed by atoms with van der Waals surface area (Å²) in [7, 11) is 0. The molecule has 1 aliphatic heterocycles. The third kappa shape index (κ3) is 2.45. The van der Waals surface area contributed by atoms with E-state index in [0.717, 1.165) is 19.4 Å². The zero-order valence-corrected chi connectivity index (χ0v) is 8.97. The summed E-state index contributed by atoms with van der Waals surface area (Å²) >= 11 is 0. The molecule has 2 nitrogen and oxygen atoms in total. The molecule has 0 aromatic heterocycles. The lowest BCUT2D eigenvalue weighted by Gasteiger charge is -2.31. The van der Waals surface area contributed by atoms with E-state index in [0.29, 0.717) is 11.8 Å². The molecule has 1 N–H and O–H groups in total. The predicted molar refractivity (Wildman–Crippen MR) is 54.4 cm³/mol. The summed E-state index contributed by atoms with van der Waals surface area (Å²) in [4.78, 5) is 11.5. The van der Waals surface area contributed by atoms with Crippen LogP contribution < -0.4 is 5.32 Å². The standard InChI is InChI=1S/C11H21NO/c1-4-8(3)10-6-9(5-2)7-12-11(10)13/h8-10H,4-7H2,1-3H3,(H,12,13). The molecule has 1 fully saturated rings. The molecule has 2 heteroatoms. The van der Waals surface area contributed by atoms with Crippen molar-refractivity contribution in [3.8, 4) is 0 Å². The number of hydrogen-bond donors (Lipinski definition) is 1. The van der Waals surface area contributed by atoms with E-state index in [4.69, 9.17) is 0 Å². The van der Waals surface area contributed by atoms with Gasteiger partial charge in [0.25, 0.3) is 0 Å². The van der Waals surface area contributed by atoms with Crippen molar-refractivity contribution in [2.45, 2.75) is 40.0 Å². The minimum Gasteiger partial charge on any atom is -0.356 e. The molecule has 1 rings (SSSR count). The topological polar surface area (TPSA) is 29.1 Å². The van der Waals surface area contributed by atoms with Crippen LogP contribution in [0.2, 0.25) is 0 Å². The van der Waals surface area contributed by atoms with E-state index in [1.165, 1.54) is 6.42 Å². The van der Waals surface area contributed by atoms with E-state index in [-0.39, 0.29) is 11.8 Å². The fraction of sp³-hybridized carbons (Fsp3) is 0.909. The van der Waals surface area contributed by atoms with Gasteiger partial charge in [0.2, 0.25) is 5.91 Å². The minimum atomic E-state index is 0.267. The van der Waals surface area contributed by atoms with Gasteiger partial charge in [-0.15, -0.1) is 0 Å². The lowest BCUT2D eigenvalue weighted by molar-refractivity contribution is -0.129. The summed E-state index contributed by atoms with van der Waals surface area (Å²) < 4.78 is 0. The first-order valence-electron chi connectivity index (χ1n) is 5.46. The van der Waals surface area contributed by atoms with Crippen molar-refractivity contribution in [3.05, 3.63) is 0 Å². The second-order valence-electron chi connectivity index (χ2n) is 4.25. The Morgan fingerprint density at radius 1 is 1.54 bits per heavy atom. The molecule has 0 aliphatic carbocycles. The molecule has 3 unspecified atom stereocenters. The first-order valence-corrected chi connectivity index (χ1v) is 5.46. The van der Waals surface area contributed by atoms with Gasteiger partial charge >= 0.3 is 0 Å². The molecule has 76 valence electrons. The number of rotatable bonds is 3. The number of piperidine rings is 1. The quantitative estimate of drug-likeness (QED) is 0.714. The van der Waals surface area contributed by atoms with E-state index >= 15 is 0 Å². The minimum absolute atomic E-state index is 0.267. The maximum atomic E-state index is 11.5. The lowest BCUT2D eigenvalue weighted by Crippen LogP contribution is -2.43. The van der Waals surface area contributed by atoms with Crippen molar-refractivity contribution in [3.63, 3.8) is 0 Å². The Bertz CT molecular complexity index is 179. The van der Waals surface area contributed by atoms with Crippen molar-refractivity contribution in [2.75, 3.05) is 6.54 Å².